The van der Waals surface area contributed by atoms with Crippen LogP contribution in [0.2, 0.25) is 0 Å². The van der Waals surface area contributed by atoms with Gasteiger partial charge in [0.05, 0.1) is 11.6 Å². The normalized spacial score (nSPS) is 10.6. The first-order chi connectivity index (χ1) is 12.9. The highest BCUT2D eigenvalue weighted by atomic mass is 16.2. The molecule has 2 amide bonds. The molecule has 0 saturated carbocycles. The summed E-state index contributed by atoms with van der Waals surface area (Å²) in [6, 6.07) is 16.6. The van der Waals surface area contributed by atoms with Crippen LogP contribution in [-0.4, -0.2) is 22.8 Å². The summed E-state index contributed by atoms with van der Waals surface area (Å²) < 4.78 is 0. The lowest BCUT2D eigenvalue weighted by Crippen LogP contribution is -2.35. The van der Waals surface area contributed by atoms with Gasteiger partial charge in [-0.25, -0.2) is 0 Å². The lowest BCUT2D eigenvalue weighted by molar-refractivity contribution is -0.128. The van der Waals surface area contributed by atoms with Crippen molar-refractivity contribution >= 4 is 23.6 Å². The minimum absolute atomic E-state index is 0.0416. The maximum atomic E-state index is 12.6. The van der Waals surface area contributed by atoms with Gasteiger partial charge in [-0.2, -0.15) is 5.26 Å². The summed E-state index contributed by atoms with van der Waals surface area (Å²) in [6.07, 6.45) is 3.31. The minimum atomic E-state index is -0.121. The monoisotopic (exact) mass is 361 g/mol. The fraction of sp³-hybridized carbons (Fsp3) is 0.227. The van der Waals surface area contributed by atoms with E-state index in [1.807, 2.05) is 38.1 Å². The number of hydrogen-bond donors (Lipinski definition) is 1. The molecule has 0 spiro atoms. The summed E-state index contributed by atoms with van der Waals surface area (Å²) in [5, 5.41) is 11.6. The highest BCUT2D eigenvalue weighted by molar-refractivity contribution is 5.92. The molecule has 0 unspecified atom stereocenters. The Labute approximate surface area is 159 Å². The second kappa shape index (κ2) is 9.35. The second-order valence-electron chi connectivity index (χ2n) is 6.51. The number of carbonyl (C=O) groups excluding carboxylic acids is 2. The van der Waals surface area contributed by atoms with Gasteiger partial charge in [0.1, 0.15) is 0 Å². The minimum Gasteiger partial charge on any atom is -0.332 e. The number of nitrogens with one attached hydrogen (secondary N) is 1. The van der Waals surface area contributed by atoms with E-state index in [1.165, 1.54) is 6.92 Å². The Morgan fingerprint density at radius 3 is 2.26 bits per heavy atom. The maximum absolute atomic E-state index is 12.6. The molecule has 5 nitrogen and oxygen atoms in total. The zero-order valence-electron chi connectivity index (χ0n) is 15.8. The maximum Gasteiger partial charge on any atom is 0.247 e. The van der Waals surface area contributed by atoms with Crippen LogP contribution in [0.3, 0.4) is 0 Å². The third-order valence-corrected chi connectivity index (χ3v) is 3.99. The third kappa shape index (κ3) is 6.12. The smallest absolute Gasteiger partial charge is 0.247 e. The molecule has 0 fully saturated rings. The Hall–Kier alpha value is -3.39. The molecule has 2 aromatic rings. The van der Waals surface area contributed by atoms with Gasteiger partial charge in [0, 0.05) is 31.3 Å². The molecule has 5 heteroatoms. The van der Waals surface area contributed by atoms with Crippen LogP contribution in [0.4, 0.5) is 5.69 Å². The van der Waals surface area contributed by atoms with Crippen molar-refractivity contribution in [2.24, 2.45) is 0 Å². The molecule has 0 bridgehead atoms. The van der Waals surface area contributed by atoms with Crippen molar-refractivity contribution in [1.82, 2.24) is 4.90 Å². The second-order valence-corrected chi connectivity index (χ2v) is 6.51. The summed E-state index contributed by atoms with van der Waals surface area (Å²) in [6.45, 7) is 5.88. The zero-order valence-corrected chi connectivity index (χ0v) is 15.8. The molecule has 2 aromatic carbocycles. The molecule has 27 heavy (non-hydrogen) atoms. The van der Waals surface area contributed by atoms with Crippen molar-refractivity contribution in [2.75, 3.05) is 5.32 Å². The van der Waals surface area contributed by atoms with Gasteiger partial charge >= 0.3 is 0 Å². The Morgan fingerprint density at radius 2 is 1.74 bits per heavy atom. The van der Waals surface area contributed by atoms with E-state index in [9.17, 15) is 9.59 Å². The van der Waals surface area contributed by atoms with E-state index in [-0.39, 0.29) is 17.9 Å². The van der Waals surface area contributed by atoms with Crippen LogP contribution in [0.1, 0.15) is 37.5 Å². The molecule has 0 radical (unpaired) electrons. The van der Waals surface area contributed by atoms with Crippen molar-refractivity contribution in [1.29, 1.82) is 5.26 Å². The molecule has 138 valence electrons. The molecule has 0 aliphatic heterocycles. The Kier molecular flexibility index (Phi) is 6.90. The van der Waals surface area contributed by atoms with Gasteiger partial charge in [-0.3, -0.25) is 9.59 Å². The predicted octanol–water partition coefficient (Wildman–Crippen LogP) is 3.97. The van der Waals surface area contributed by atoms with Crippen molar-refractivity contribution in [3.8, 4) is 6.07 Å². The van der Waals surface area contributed by atoms with Crippen LogP contribution in [0.15, 0.2) is 54.6 Å². The Morgan fingerprint density at radius 1 is 1.11 bits per heavy atom. The third-order valence-electron chi connectivity index (χ3n) is 3.99. The van der Waals surface area contributed by atoms with Crippen molar-refractivity contribution in [2.45, 2.75) is 33.4 Å². The van der Waals surface area contributed by atoms with Crippen LogP contribution in [-0.2, 0) is 16.1 Å². The number of carbonyl (C=O) groups is 2. The molecule has 0 aliphatic carbocycles. The van der Waals surface area contributed by atoms with Crippen LogP contribution in [0.25, 0.3) is 6.08 Å². The van der Waals surface area contributed by atoms with E-state index >= 15 is 0 Å². The Bertz CT molecular complexity index is 860. The van der Waals surface area contributed by atoms with Gasteiger partial charge in [0.2, 0.25) is 11.8 Å². The number of anilines is 1. The number of nitrogens with zero attached hydrogens (tertiary/aromatic N) is 2. The fourth-order valence-corrected chi connectivity index (χ4v) is 2.54. The summed E-state index contributed by atoms with van der Waals surface area (Å²) in [4.78, 5) is 25.4. The first kappa shape index (κ1) is 19.9. The van der Waals surface area contributed by atoms with Crippen LogP contribution in [0.5, 0.6) is 0 Å². The summed E-state index contributed by atoms with van der Waals surface area (Å²) >= 11 is 0. The topological polar surface area (TPSA) is 73.2 Å². The van der Waals surface area contributed by atoms with E-state index < -0.39 is 0 Å². The number of amides is 2. The van der Waals surface area contributed by atoms with Gasteiger partial charge in [0.15, 0.2) is 0 Å². The molecular weight excluding hydrogens is 338 g/mol. The van der Waals surface area contributed by atoms with Gasteiger partial charge in [-0.1, -0.05) is 24.3 Å². The van der Waals surface area contributed by atoms with E-state index in [0.29, 0.717) is 12.1 Å². The van der Waals surface area contributed by atoms with E-state index in [2.05, 4.69) is 11.4 Å². The first-order valence-electron chi connectivity index (χ1n) is 8.74. The fourth-order valence-electron chi connectivity index (χ4n) is 2.54. The first-order valence-corrected chi connectivity index (χ1v) is 8.74. The van der Waals surface area contributed by atoms with Crippen LogP contribution >= 0.6 is 0 Å². The van der Waals surface area contributed by atoms with Crippen molar-refractivity contribution in [3.05, 3.63) is 71.3 Å². The summed E-state index contributed by atoms with van der Waals surface area (Å²) in [5.41, 5.74) is 3.17. The van der Waals surface area contributed by atoms with E-state index in [4.69, 9.17) is 5.26 Å². The van der Waals surface area contributed by atoms with Gasteiger partial charge in [0.25, 0.3) is 0 Å². The van der Waals surface area contributed by atoms with Gasteiger partial charge < -0.3 is 10.2 Å². The quantitative estimate of drug-likeness (QED) is 0.791. The van der Waals surface area contributed by atoms with Crippen molar-refractivity contribution < 1.29 is 9.59 Å². The molecule has 0 aromatic heterocycles. The number of nitriles is 1. The highest BCUT2D eigenvalue weighted by Crippen LogP contribution is 2.13. The molecule has 0 heterocycles. The van der Waals surface area contributed by atoms with Gasteiger partial charge in [-0.15, -0.1) is 0 Å². The molecule has 1 N–H and O–H groups in total. The Balaban J connectivity index is 2.06. The molecular formula is C22H23N3O2. The average Bonchev–Trinajstić information content (AvgIpc) is 2.65. The molecule has 0 aliphatic rings. The number of hydrogen-bond acceptors (Lipinski definition) is 3. The zero-order chi connectivity index (χ0) is 19.8. The summed E-state index contributed by atoms with van der Waals surface area (Å²) in [7, 11) is 0. The highest BCUT2D eigenvalue weighted by Gasteiger charge is 2.15. The lowest BCUT2D eigenvalue weighted by Gasteiger charge is -2.25. The predicted molar refractivity (Wildman–Crippen MR) is 107 cm³/mol. The van der Waals surface area contributed by atoms with Crippen LogP contribution < -0.4 is 5.32 Å². The summed E-state index contributed by atoms with van der Waals surface area (Å²) in [5.74, 6) is -0.204. The van der Waals surface area contributed by atoms with E-state index in [0.717, 1.165) is 16.8 Å². The SMILES string of the molecule is CC(=O)Nc1ccc(/C=C/C(=O)N(Cc2ccc(C#N)cc2)C(C)C)cc1. The number of rotatable bonds is 6. The molecule has 0 saturated heterocycles. The average molecular weight is 361 g/mol. The largest absolute Gasteiger partial charge is 0.332 e. The van der Waals surface area contributed by atoms with Crippen LogP contribution in [0, 0.1) is 11.3 Å². The van der Waals surface area contributed by atoms with E-state index in [1.54, 1.807) is 41.3 Å². The lowest BCUT2D eigenvalue weighted by atomic mass is 10.1. The molecule has 0 atom stereocenters. The van der Waals surface area contributed by atoms with Crippen molar-refractivity contribution in [3.63, 3.8) is 0 Å². The number of benzene rings is 2. The van der Waals surface area contributed by atoms with Gasteiger partial charge in [-0.05, 0) is 55.3 Å². The standard InChI is InChI=1S/C22H23N3O2/c1-16(2)25(15-20-6-4-19(14-23)5-7-20)22(27)13-10-18-8-11-21(12-9-18)24-17(3)26/h4-13,16H,15H2,1-3H3,(H,24,26)/b13-10+. The molecule has 2 rings (SSSR count).